The molecule has 0 aliphatic carbocycles. The summed E-state index contributed by atoms with van der Waals surface area (Å²) in [5.41, 5.74) is 0.663. The van der Waals surface area contributed by atoms with Gasteiger partial charge >= 0.3 is 6.01 Å². The van der Waals surface area contributed by atoms with E-state index in [-0.39, 0.29) is 12.0 Å². The Bertz CT molecular complexity index is 535. The molecule has 0 spiro atoms. The molecule has 0 N–H and O–H groups in total. The van der Waals surface area contributed by atoms with E-state index in [2.05, 4.69) is 20.2 Å². The van der Waals surface area contributed by atoms with Gasteiger partial charge in [0.1, 0.15) is 6.10 Å². The molecule has 1 fully saturated rings. The van der Waals surface area contributed by atoms with Crippen molar-refractivity contribution in [1.82, 2.24) is 14.9 Å². The summed E-state index contributed by atoms with van der Waals surface area (Å²) in [5, 5.41) is 7.52. The van der Waals surface area contributed by atoms with Crippen LogP contribution in [0, 0.1) is 0 Å². The van der Waals surface area contributed by atoms with Gasteiger partial charge in [0.25, 0.3) is 5.91 Å². The standard InChI is InChI=1S/C13H15N5O2/c19-12(10-8-16-17-9-10)18-6-2-11(3-7-18)20-13-14-4-1-5-15-13/h1,4-5,8,11H,2-3,6-7,9H2. The number of carbonyl (C=O) groups excluding carboxylic acids is 1. The van der Waals surface area contributed by atoms with Crippen LogP contribution in [-0.4, -0.2) is 46.5 Å². The first kappa shape index (κ1) is 12.7. The SMILES string of the molecule is O=C(C1=CN=NC1)N1CCC(Oc2ncccn2)CC1. The van der Waals surface area contributed by atoms with Gasteiger partial charge in [-0.15, -0.1) is 0 Å². The van der Waals surface area contributed by atoms with Gasteiger partial charge in [-0.05, 0) is 6.07 Å². The zero-order valence-electron chi connectivity index (χ0n) is 11.0. The van der Waals surface area contributed by atoms with Crippen molar-refractivity contribution < 1.29 is 9.53 Å². The highest BCUT2D eigenvalue weighted by molar-refractivity contribution is 5.94. The third kappa shape index (κ3) is 2.81. The van der Waals surface area contributed by atoms with Gasteiger partial charge in [0.05, 0.1) is 18.3 Å². The molecular weight excluding hydrogens is 258 g/mol. The van der Waals surface area contributed by atoms with E-state index in [4.69, 9.17) is 4.74 Å². The Kier molecular flexibility index (Phi) is 3.67. The maximum Gasteiger partial charge on any atom is 0.316 e. The van der Waals surface area contributed by atoms with E-state index in [9.17, 15) is 4.79 Å². The number of hydrogen-bond acceptors (Lipinski definition) is 6. The molecule has 20 heavy (non-hydrogen) atoms. The van der Waals surface area contributed by atoms with Crippen molar-refractivity contribution in [3.63, 3.8) is 0 Å². The van der Waals surface area contributed by atoms with E-state index < -0.39 is 0 Å². The third-order valence-electron chi connectivity index (χ3n) is 3.35. The lowest BCUT2D eigenvalue weighted by Gasteiger charge is -2.31. The fourth-order valence-electron chi connectivity index (χ4n) is 2.27. The molecule has 1 aromatic heterocycles. The topological polar surface area (TPSA) is 80.0 Å². The van der Waals surface area contributed by atoms with Gasteiger partial charge < -0.3 is 9.64 Å². The van der Waals surface area contributed by atoms with Crippen LogP contribution < -0.4 is 4.74 Å². The van der Waals surface area contributed by atoms with Crippen molar-refractivity contribution in [2.45, 2.75) is 18.9 Å². The van der Waals surface area contributed by atoms with Crippen LogP contribution >= 0.6 is 0 Å². The number of ether oxygens (including phenoxy) is 1. The summed E-state index contributed by atoms with van der Waals surface area (Å²) in [6, 6.07) is 2.15. The fourth-order valence-corrected chi connectivity index (χ4v) is 2.27. The highest BCUT2D eigenvalue weighted by atomic mass is 16.5. The highest BCUT2D eigenvalue weighted by Crippen LogP contribution is 2.18. The molecule has 0 unspecified atom stereocenters. The second-order valence-corrected chi connectivity index (χ2v) is 4.71. The molecule has 1 amide bonds. The minimum atomic E-state index is 0.0319. The average Bonchev–Trinajstić information content (AvgIpc) is 3.03. The summed E-state index contributed by atoms with van der Waals surface area (Å²) in [6.07, 6.45) is 6.48. The highest BCUT2D eigenvalue weighted by Gasteiger charge is 2.26. The molecule has 0 bridgehead atoms. The van der Waals surface area contributed by atoms with Gasteiger partial charge in [0.15, 0.2) is 0 Å². The van der Waals surface area contributed by atoms with Gasteiger partial charge in [-0.2, -0.15) is 10.2 Å². The largest absolute Gasteiger partial charge is 0.460 e. The summed E-state index contributed by atoms with van der Waals surface area (Å²) >= 11 is 0. The number of carbonyl (C=O) groups is 1. The van der Waals surface area contributed by atoms with Crippen LogP contribution in [-0.2, 0) is 4.79 Å². The maximum absolute atomic E-state index is 12.1. The van der Waals surface area contributed by atoms with Crippen LogP contribution in [0.1, 0.15) is 12.8 Å². The molecule has 7 heteroatoms. The predicted octanol–water partition coefficient (Wildman–Crippen LogP) is 1.20. The minimum absolute atomic E-state index is 0.0319. The van der Waals surface area contributed by atoms with E-state index >= 15 is 0 Å². The minimum Gasteiger partial charge on any atom is -0.460 e. The molecule has 2 aliphatic heterocycles. The molecule has 1 aromatic rings. The molecule has 2 aliphatic rings. The summed E-state index contributed by atoms with van der Waals surface area (Å²) in [5.74, 6) is 0.0319. The van der Waals surface area contributed by atoms with E-state index in [1.54, 1.807) is 24.7 Å². The Morgan fingerprint density at radius 2 is 2.00 bits per heavy atom. The molecule has 0 aromatic carbocycles. The normalized spacial score (nSPS) is 19.0. The molecule has 0 atom stereocenters. The van der Waals surface area contributed by atoms with Crippen molar-refractivity contribution >= 4 is 5.91 Å². The Morgan fingerprint density at radius 3 is 2.65 bits per heavy atom. The van der Waals surface area contributed by atoms with Gasteiger partial charge in [-0.25, -0.2) is 9.97 Å². The van der Waals surface area contributed by atoms with Crippen LogP contribution in [0.3, 0.4) is 0 Å². The van der Waals surface area contributed by atoms with Crippen molar-refractivity contribution in [1.29, 1.82) is 0 Å². The Balaban J connectivity index is 1.51. The van der Waals surface area contributed by atoms with Crippen molar-refractivity contribution in [2.24, 2.45) is 10.2 Å². The van der Waals surface area contributed by atoms with Crippen LogP contribution in [0.5, 0.6) is 6.01 Å². The van der Waals surface area contributed by atoms with E-state index in [1.165, 1.54) is 0 Å². The van der Waals surface area contributed by atoms with E-state index in [0.29, 0.717) is 31.2 Å². The zero-order valence-corrected chi connectivity index (χ0v) is 11.0. The van der Waals surface area contributed by atoms with Crippen LogP contribution in [0.2, 0.25) is 0 Å². The van der Waals surface area contributed by atoms with Gasteiger partial charge in [0.2, 0.25) is 0 Å². The molecule has 3 heterocycles. The monoisotopic (exact) mass is 273 g/mol. The number of rotatable bonds is 3. The third-order valence-corrected chi connectivity index (χ3v) is 3.35. The summed E-state index contributed by atoms with van der Waals surface area (Å²) in [6.45, 7) is 1.74. The summed E-state index contributed by atoms with van der Waals surface area (Å²) < 4.78 is 5.70. The predicted molar refractivity (Wildman–Crippen MR) is 70.1 cm³/mol. The van der Waals surface area contributed by atoms with Gasteiger partial charge in [0, 0.05) is 38.3 Å². The number of hydrogen-bond donors (Lipinski definition) is 0. The lowest BCUT2D eigenvalue weighted by molar-refractivity contribution is -0.128. The average molecular weight is 273 g/mol. The molecule has 0 radical (unpaired) electrons. The van der Waals surface area contributed by atoms with Crippen LogP contribution in [0.15, 0.2) is 40.5 Å². The summed E-state index contributed by atoms with van der Waals surface area (Å²) in [7, 11) is 0. The van der Waals surface area contributed by atoms with Gasteiger partial charge in [-0.1, -0.05) is 0 Å². The molecular formula is C13H15N5O2. The first-order valence-corrected chi connectivity index (χ1v) is 6.61. The molecule has 3 rings (SSSR count). The van der Waals surface area contributed by atoms with Crippen LogP contribution in [0.4, 0.5) is 0 Å². The number of nitrogens with zero attached hydrogens (tertiary/aromatic N) is 5. The van der Waals surface area contributed by atoms with Crippen LogP contribution in [0.25, 0.3) is 0 Å². The number of likely N-dealkylation sites (tertiary alicyclic amines) is 1. The molecule has 7 nitrogen and oxygen atoms in total. The molecule has 0 saturated carbocycles. The number of amides is 1. The quantitative estimate of drug-likeness (QED) is 0.828. The van der Waals surface area contributed by atoms with E-state index in [1.807, 2.05) is 4.90 Å². The van der Waals surface area contributed by atoms with Crippen molar-refractivity contribution in [3.05, 3.63) is 30.2 Å². The lowest BCUT2D eigenvalue weighted by Crippen LogP contribution is -2.42. The zero-order chi connectivity index (χ0) is 13.8. The first-order chi connectivity index (χ1) is 9.83. The first-order valence-electron chi connectivity index (χ1n) is 6.61. The lowest BCUT2D eigenvalue weighted by atomic mass is 10.1. The Morgan fingerprint density at radius 1 is 1.25 bits per heavy atom. The number of piperidine rings is 1. The fraction of sp³-hybridized carbons (Fsp3) is 0.462. The number of aromatic nitrogens is 2. The smallest absolute Gasteiger partial charge is 0.316 e. The second-order valence-electron chi connectivity index (χ2n) is 4.71. The van der Waals surface area contributed by atoms with Crippen molar-refractivity contribution in [3.8, 4) is 6.01 Å². The summed E-state index contributed by atoms with van der Waals surface area (Å²) in [4.78, 5) is 22.0. The van der Waals surface area contributed by atoms with Gasteiger partial charge in [-0.3, -0.25) is 4.79 Å². The Labute approximate surface area is 116 Å². The maximum atomic E-state index is 12.1. The number of azo groups is 1. The van der Waals surface area contributed by atoms with Crippen molar-refractivity contribution in [2.75, 3.05) is 19.6 Å². The molecule has 104 valence electrons. The molecule has 1 saturated heterocycles. The van der Waals surface area contributed by atoms with E-state index in [0.717, 1.165) is 12.8 Å². The second kappa shape index (κ2) is 5.77. The Hall–Kier alpha value is -2.31.